The van der Waals surface area contributed by atoms with Crippen LogP contribution in [-0.2, 0) is 18.7 Å². The third-order valence-electron chi connectivity index (χ3n) is 4.98. The number of furan rings is 1. The van der Waals surface area contributed by atoms with Crippen LogP contribution >= 0.6 is 11.8 Å². The van der Waals surface area contributed by atoms with Gasteiger partial charge in [0, 0.05) is 12.0 Å². The molecule has 0 saturated carbocycles. The number of thioether (sulfide) groups is 1. The van der Waals surface area contributed by atoms with Crippen molar-refractivity contribution in [2.45, 2.75) is 23.9 Å². The minimum absolute atomic E-state index is 0.482. The molecule has 0 spiro atoms. The minimum atomic E-state index is 0.482. The largest absolute Gasteiger partial charge is 0.497 e. The predicted molar refractivity (Wildman–Crippen MR) is 123 cm³/mol. The standard InChI is InChI=1S/C24H21N5O3S/c1-30-19-10-5-9-18(14-19)23-26-27-24(29(23)15-20-11-6-12-31-20)33-16-22-25-21(28-32-22)13-17-7-3-2-4-8-17/h2-12,14H,13,15-16H2,1H3. The van der Waals surface area contributed by atoms with Crippen molar-refractivity contribution in [3.05, 3.63) is 96.0 Å². The summed E-state index contributed by atoms with van der Waals surface area (Å²) in [7, 11) is 1.64. The van der Waals surface area contributed by atoms with Gasteiger partial charge in [-0.1, -0.05) is 59.4 Å². The molecule has 8 nitrogen and oxygen atoms in total. The zero-order chi connectivity index (χ0) is 22.5. The molecule has 0 fully saturated rings. The van der Waals surface area contributed by atoms with Gasteiger partial charge in [0.25, 0.3) is 0 Å². The Morgan fingerprint density at radius 1 is 1.00 bits per heavy atom. The Morgan fingerprint density at radius 2 is 1.91 bits per heavy atom. The molecule has 0 aliphatic rings. The summed E-state index contributed by atoms with van der Waals surface area (Å²) in [5.74, 6) is 3.97. The highest BCUT2D eigenvalue weighted by atomic mass is 32.2. The van der Waals surface area contributed by atoms with Crippen molar-refractivity contribution in [1.29, 1.82) is 0 Å². The molecule has 0 radical (unpaired) electrons. The Morgan fingerprint density at radius 3 is 2.73 bits per heavy atom. The van der Waals surface area contributed by atoms with E-state index < -0.39 is 0 Å². The van der Waals surface area contributed by atoms with Crippen LogP contribution in [0.25, 0.3) is 11.4 Å². The first-order valence-electron chi connectivity index (χ1n) is 10.4. The third kappa shape index (κ3) is 4.98. The molecular weight excluding hydrogens is 438 g/mol. The number of methoxy groups -OCH3 is 1. The highest BCUT2D eigenvalue weighted by Gasteiger charge is 2.18. The zero-order valence-electron chi connectivity index (χ0n) is 17.9. The van der Waals surface area contributed by atoms with Crippen molar-refractivity contribution in [3.63, 3.8) is 0 Å². The van der Waals surface area contributed by atoms with Gasteiger partial charge in [0.15, 0.2) is 16.8 Å². The van der Waals surface area contributed by atoms with E-state index >= 15 is 0 Å². The van der Waals surface area contributed by atoms with E-state index in [0.29, 0.717) is 30.4 Å². The Bertz CT molecular complexity index is 1320. The fourth-order valence-electron chi connectivity index (χ4n) is 3.40. The summed E-state index contributed by atoms with van der Waals surface area (Å²) in [5.41, 5.74) is 2.04. The first-order chi connectivity index (χ1) is 16.3. The molecule has 0 N–H and O–H groups in total. The van der Waals surface area contributed by atoms with Gasteiger partial charge in [-0.3, -0.25) is 4.57 Å². The molecule has 0 unspecified atom stereocenters. The van der Waals surface area contributed by atoms with Crippen LogP contribution in [0.4, 0.5) is 0 Å². The Hall–Kier alpha value is -3.85. The molecular formula is C24H21N5O3S. The second-order valence-electron chi connectivity index (χ2n) is 7.26. The second-order valence-corrected chi connectivity index (χ2v) is 8.20. The molecule has 9 heteroatoms. The van der Waals surface area contributed by atoms with E-state index in [9.17, 15) is 0 Å². The summed E-state index contributed by atoms with van der Waals surface area (Å²) in [6.45, 7) is 0.498. The normalized spacial score (nSPS) is 11.1. The van der Waals surface area contributed by atoms with Crippen LogP contribution in [0.1, 0.15) is 23.0 Å². The van der Waals surface area contributed by atoms with Gasteiger partial charge in [-0.15, -0.1) is 10.2 Å². The molecule has 5 rings (SSSR count). The van der Waals surface area contributed by atoms with Gasteiger partial charge in [0.2, 0.25) is 5.89 Å². The molecule has 0 atom stereocenters. The third-order valence-corrected chi connectivity index (χ3v) is 5.93. The SMILES string of the molecule is COc1cccc(-c2nnc(SCc3nc(Cc4ccccc4)no3)n2Cc2ccco2)c1. The Balaban J connectivity index is 1.36. The number of ether oxygens (including phenoxy) is 1. The highest BCUT2D eigenvalue weighted by Crippen LogP contribution is 2.29. The number of aromatic nitrogens is 5. The summed E-state index contributed by atoms with van der Waals surface area (Å²) < 4.78 is 18.4. The van der Waals surface area contributed by atoms with E-state index in [1.54, 1.807) is 13.4 Å². The Kier molecular flexibility index (Phi) is 6.21. The van der Waals surface area contributed by atoms with Gasteiger partial charge >= 0.3 is 0 Å². The van der Waals surface area contributed by atoms with Crippen LogP contribution in [0.2, 0.25) is 0 Å². The number of hydrogen-bond donors (Lipinski definition) is 0. The van der Waals surface area contributed by atoms with Crippen LogP contribution < -0.4 is 4.74 Å². The molecule has 33 heavy (non-hydrogen) atoms. The number of hydrogen-bond acceptors (Lipinski definition) is 8. The van der Waals surface area contributed by atoms with E-state index in [-0.39, 0.29) is 0 Å². The van der Waals surface area contributed by atoms with Crippen molar-refractivity contribution in [2.75, 3.05) is 7.11 Å². The van der Waals surface area contributed by atoms with E-state index in [0.717, 1.165) is 33.6 Å². The van der Waals surface area contributed by atoms with Crippen molar-refractivity contribution < 1.29 is 13.7 Å². The highest BCUT2D eigenvalue weighted by molar-refractivity contribution is 7.98. The summed E-state index contributed by atoms with van der Waals surface area (Å²) in [6.07, 6.45) is 2.29. The van der Waals surface area contributed by atoms with Crippen molar-refractivity contribution in [1.82, 2.24) is 24.9 Å². The molecule has 5 aromatic rings. The van der Waals surface area contributed by atoms with E-state index in [4.69, 9.17) is 13.7 Å². The van der Waals surface area contributed by atoms with E-state index in [2.05, 4.69) is 20.3 Å². The van der Waals surface area contributed by atoms with Crippen LogP contribution in [-0.4, -0.2) is 32.0 Å². The van der Waals surface area contributed by atoms with Crippen molar-refractivity contribution in [3.8, 4) is 17.1 Å². The molecule has 166 valence electrons. The molecule has 0 aliphatic heterocycles. The molecule has 0 aliphatic carbocycles. The molecule has 0 saturated heterocycles. The number of nitrogens with zero attached hydrogens (tertiary/aromatic N) is 5. The van der Waals surface area contributed by atoms with Crippen LogP contribution in [0.5, 0.6) is 5.75 Å². The smallest absolute Gasteiger partial charge is 0.237 e. The molecule has 3 heterocycles. The van der Waals surface area contributed by atoms with E-state index in [1.807, 2.05) is 71.3 Å². The van der Waals surface area contributed by atoms with Gasteiger partial charge in [-0.2, -0.15) is 4.98 Å². The van der Waals surface area contributed by atoms with Crippen molar-refractivity contribution >= 4 is 11.8 Å². The Labute approximate surface area is 194 Å². The van der Waals surface area contributed by atoms with Crippen LogP contribution in [0.15, 0.2) is 87.1 Å². The lowest BCUT2D eigenvalue weighted by Gasteiger charge is -2.09. The zero-order valence-corrected chi connectivity index (χ0v) is 18.7. The summed E-state index contributed by atoms with van der Waals surface area (Å²) >= 11 is 1.49. The topological polar surface area (TPSA) is 92.0 Å². The molecule has 0 bridgehead atoms. The quantitative estimate of drug-likeness (QED) is 0.289. The van der Waals surface area contributed by atoms with Crippen molar-refractivity contribution in [2.24, 2.45) is 0 Å². The van der Waals surface area contributed by atoms with Gasteiger partial charge in [0.05, 0.1) is 25.7 Å². The number of rotatable bonds is 9. The van der Waals surface area contributed by atoms with E-state index in [1.165, 1.54) is 11.8 Å². The lowest BCUT2D eigenvalue weighted by Crippen LogP contribution is -2.03. The van der Waals surface area contributed by atoms with Gasteiger partial charge in [0.1, 0.15) is 11.5 Å². The fourth-order valence-corrected chi connectivity index (χ4v) is 4.17. The van der Waals surface area contributed by atoms with Gasteiger partial charge in [-0.25, -0.2) is 0 Å². The lowest BCUT2D eigenvalue weighted by molar-refractivity contribution is 0.385. The predicted octanol–water partition coefficient (Wildman–Crippen LogP) is 4.86. The summed E-state index contributed by atoms with van der Waals surface area (Å²) in [4.78, 5) is 4.52. The fraction of sp³-hybridized carbons (Fsp3) is 0.167. The maximum atomic E-state index is 5.57. The van der Waals surface area contributed by atoms with Gasteiger partial charge < -0.3 is 13.7 Å². The van der Waals surface area contributed by atoms with Gasteiger partial charge in [-0.05, 0) is 29.8 Å². The molecule has 3 aromatic heterocycles. The van der Waals surface area contributed by atoms with Crippen LogP contribution in [0, 0.1) is 0 Å². The van der Waals surface area contributed by atoms with Crippen LogP contribution in [0.3, 0.4) is 0 Å². The molecule has 2 aromatic carbocycles. The first-order valence-corrected chi connectivity index (χ1v) is 11.4. The monoisotopic (exact) mass is 459 g/mol. The minimum Gasteiger partial charge on any atom is -0.497 e. The first kappa shape index (κ1) is 21.0. The maximum absolute atomic E-state index is 5.57. The maximum Gasteiger partial charge on any atom is 0.237 e. The number of benzene rings is 2. The summed E-state index contributed by atoms with van der Waals surface area (Å²) in [6, 6.07) is 21.6. The average molecular weight is 460 g/mol. The summed E-state index contributed by atoms with van der Waals surface area (Å²) in [5, 5.41) is 13.7. The second kappa shape index (κ2) is 9.74. The molecule has 0 amide bonds. The lowest BCUT2D eigenvalue weighted by atomic mass is 10.1. The average Bonchev–Trinajstić information content (AvgIpc) is 3.61.